The maximum absolute atomic E-state index is 6.31. The Morgan fingerprint density at radius 2 is 1.73 bits per heavy atom. The number of rotatable bonds is 9. The lowest BCUT2D eigenvalue weighted by molar-refractivity contribution is 0.400. The second-order valence-corrected chi connectivity index (χ2v) is 5.76. The van der Waals surface area contributed by atoms with Crippen LogP contribution < -0.4 is 0 Å². The highest BCUT2D eigenvalue weighted by atomic mass is 35.5. The average Bonchev–Trinajstić information content (AvgIpc) is 3.06. The van der Waals surface area contributed by atoms with Gasteiger partial charge in [-0.25, -0.2) is 0 Å². The molecule has 1 fully saturated rings. The molecular weight excluding hydrogens is 204 g/mol. The molecule has 0 aromatic rings. The molecule has 0 radical (unpaired) electrons. The minimum Gasteiger partial charge on any atom is -0.123 e. The van der Waals surface area contributed by atoms with Crippen molar-refractivity contribution in [3.63, 3.8) is 0 Å². The molecule has 0 bridgehead atoms. The summed E-state index contributed by atoms with van der Waals surface area (Å²) >= 11 is 6.31. The van der Waals surface area contributed by atoms with Crippen LogP contribution in [0, 0.1) is 11.8 Å². The molecule has 0 N–H and O–H groups in total. The summed E-state index contributed by atoms with van der Waals surface area (Å²) in [5, 5.41) is 0.494. The number of hydrogen-bond donors (Lipinski definition) is 0. The summed E-state index contributed by atoms with van der Waals surface area (Å²) in [6.45, 7) is 4.62. The second kappa shape index (κ2) is 7.54. The molecule has 1 aliphatic rings. The monoisotopic (exact) mass is 230 g/mol. The van der Waals surface area contributed by atoms with Gasteiger partial charge in [0.15, 0.2) is 0 Å². The first-order valence-electron chi connectivity index (χ1n) is 6.92. The van der Waals surface area contributed by atoms with E-state index >= 15 is 0 Å². The van der Waals surface area contributed by atoms with Crippen molar-refractivity contribution < 1.29 is 0 Å². The highest BCUT2D eigenvalue weighted by molar-refractivity contribution is 6.20. The van der Waals surface area contributed by atoms with E-state index in [0.717, 1.165) is 11.8 Å². The minimum atomic E-state index is 0.494. The average molecular weight is 231 g/mol. The van der Waals surface area contributed by atoms with Crippen LogP contribution in [-0.4, -0.2) is 5.38 Å². The van der Waals surface area contributed by atoms with Gasteiger partial charge in [0, 0.05) is 5.38 Å². The van der Waals surface area contributed by atoms with Crippen LogP contribution in [0.1, 0.15) is 71.6 Å². The zero-order valence-electron chi connectivity index (χ0n) is 10.5. The first-order valence-corrected chi connectivity index (χ1v) is 7.35. The van der Waals surface area contributed by atoms with Crippen molar-refractivity contribution >= 4 is 11.6 Å². The van der Waals surface area contributed by atoms with Gasteiger partial charge in [0.2, 0.25) is 0 Å². The Morgan fingerprint density at radius 1 is 1.07 bits per heavy atom. The van der Waals surface area contributed by atoms with Crippen LogP contribution in [0.2, 0.25) is 0 Å². The molecule has 0 saturated heterocycles. The first-order chi connectivity index (χ1) is 7.27. The van der Waals surface area contributed by atoms with Crippen molar-refractivity contribution in [3.05, 3.63) is 0 Å². The summed E-state index contributed by atoms with van der Waals surface area (Å²) in [6, 6.07) is 0. The second-order valence-electron chi connectivity index (χ2n) is 5.20. The molecule has 0 amide bonds. The number of halogens is 1. The van der Waals surface area contributed by atoms with Gasteiger partial charge in [-0.2, -0.15) is 0 Å². The van der Waals surface area contributed by atoms with Crippen molar-refractivity contribution in [2.75, 3.05) is 0 Å². The SMILES string of the molecule is CCCCC(CC)CCCC(Cl)C1CC1. The fraction of sp³-hybridized carbons (Fsp3) is 1.00. The van der Waals surface area contributed by atoms with Crippen LogP contribution in [0.4, 0.5) is 0 Å². The molecule has 1 aliphatic carbocycles. The zero-order chi connectivity index (χ0) is 11.1. The van der Waals surface area contributed by atoms with Crippen molar-refractivity contribution in [1.82, 2.24) is 0 Å². The third kappa shape index (κ3) is 5.80. The topological polar surface area (TPSA) is 0 Å². The Morgan fingerprint density at radius 3 is 2.27 bits per heavy atom. The van der Waals surface area contributed by atoms with Crippen molar-refractivity contribution in [3.8, 4) is 0 Å². The van der Waals surface area contributed by atoms with Crippen molar-refractivity contribution in [1.29, 1.82) is 0 Å². The van der Waals surface area contributed by atoms with E-state index in [2.05, 4.69) is 13.8 Å². The Hall–Kier alpha value is 0.290. The number of unbranched alkanes of at least 4 members (excludes halogenated alkanes) is 1. The maximum atomic E-state index is 6.31. The van der Waals surface area contributed by atoms with E-state index in [-0.39, 0.29) is 0 Å². The van der Waals surface area contributed by atoms with Gasteiger partial charge in [-0.3, -0.25) is 0 Å². The predicted octanol–water partition coefficient (Wildman–Crippen LogP) is 5.39. The van der Waals surface area contributed by atoms with Crippen LogP contribution in [-0.2, 0) is 0 Å². The highest BCUT2D eigenvalue weighted by Crippen LogP contribution is 2.38. The molecule has 0 aliphatic heterocycles. The van der Waals surface area contributed by atoms with E-state index < -0.39 is 0 Å². The third-order valence-corrected chi connectivity index (χ3v) is 4.34. The molecule has 2 unspecified atom stereocenters. The van der Waals surface area contributed by atoms with E-state index in [4.69, 9.17) is 11.6 Å². The molecule has 15 heavy (non-hydrogen) atoms. The van der Waals surface area contributed by atoms with E-state index in [9.17, 15) is 0 Å². The van der Waals surface area contributed by atoms with Gasteiger partial charge in [0.1, 0.15) is 0 Å². The summed E-state index contributed by atoms with van der Waals surface area (Å²) in [5.41, 5.74) is 0. The van der Waals surface area contributed by atoms with Crippen molar-refractivity contribution in [2.24, 2.45) is 11.8 Å². The lowest BCUT2D eigenvalue weighted by Crippen LogP contribution is -2.04. The highest BCUT2D eigenvalue weighted by Gasteiger charge is 2.29. The lowest BCUT2D eigenvalue weighted by atomic mass is 9.93. The summed E-state index contributed by atoms with van der Waals surface area (Å²) < 4.78 is 0. The first kappa shape index (κ1) is 13.4. The Labute approximate surface area is 101 Å². The standard InChI is InChI=1S/C14H27Cl/c1-3-5-7-12(4-2)8-6-9-14(15)13-10-11-13/h12-14H,3-11H2,1-2H3. The van der Waals surface area contributed by atoms with E-state index in [1.165, 1.54) is 57.8 Å². The van der Waals surface area contributed by atoms with Crippen LogP contribution in [0.15, 0.2) is 0 Å². The molecular formula is C14H27Cl. The smallest absolute Gasteiger partial charge is 0.0364 e. The minimum absolute atomic E-state index is 0.494. The largest absolute Gasteiger partial charge is 0.123 e. The lowest BCUT2D eigenvalue weighted by Gasteiger charge is -2.15. The molecule has 0 nitrogen and oxygen atoms in total. The predicted molar refractivity (Wildman–Crippen MR) is 69.5 cm³/mol. The van der Waals surface area contributed by atoms with Crippen LogP contribution in [0.25, 0.3) is 0 Å². The van der Waals surface area contributed by atoms with Crippen LogP contribution >= 0.6 is 11.6 Å². The summed E-state index contributed by atoms with van der Waals surface area (Å²) in [5.74, 6) is 1.84. The van der Waals surface area contributed by atoms with Gasteiger partial charge in [-0.1, -0.05) is 52.4 Å². The molecule has 2 atom stereocenters. The fourth-order valence-corrected chi connectivity index (χ4v) is 2.75. The number of alkyl halides is 1. The van der Waals surface area contributed by atoms with Gasteiger partial charge in [0.25, 0.3) is 0 Å². The zero-order valence-corrected chi connectivity index (χ0v) is 11.2. The number of hydrogen-bond acceptors (Lipinski definition) is 0. The fourth-order valence-electron chi connectivity index (χ4n) is 2.34. The normalized spacial score (nSPS) is 20.2. The summed E-state index contributed by atoms with van der Waals surface area (Å²) in [7, 11) is 0. The van der Waals surface area contributed by atoms with Crippen molar-refractivity contribution in [2.45, 2.75) is 77.0 Å². The van der Waals surface area contributed by atoms with Gasteiger partial charge >= 0.3 is 0 Å². The molecule has 1 rings (SSSR count). The molecule has 90 valence electrons. The summed E-state index contributed by atoms with van der Waals surface area (Å²) in [4.78, 5) is 0. The third-order valence-electron chi connectivity index (χ3n) is 3.77. The maximum Gasteiger partial charge on any atom is 0.0364 e. The Kier molecular flexibility index (Phi) is 6.72. The van der Waals surface area contributed by atoms with E-state index in [1.807, 2.05) is 0 Å². The van der Waals surface area contributed by atoms with Crippen LogP contribution in [0.3, 0.4) is 0 Å². The van der Waals surface area contributed by atoms with E-state index in [1.54, 1.807) is 0 Å². The quantitative estimate of drug-likeness (QED) is 0.466. The Bertz CT molecular complexity index is 151. The molecule has 1 saturated carbocycles. The van der Waals surface area contributed by atoms with Gasteiger partial charge < -0.3 is 0 Å². The molecule has 0 aromatic heterocycles. The summed E-state index contributed by atoms with van der Waals surface area (Å²) in [6.07, 6.45) is 12.3. The Balaban J connectivity index is 1.99. The van der Waals surface area contributed by atoms with Crippen LogP contribution in [0.5, 0.6) is 0 Å². The molecule has 0 heterocycles. The molecule has 1 heteroatoms. The van der Waals surface area contributed by atoms with Gasteiger partial charge in [0.05, 0.1) is 0 Å². The van der Waals surface area contributed by atoms with Gasteiger partial charge in [-0.15, -0.1) is 11.6 Å². The molecule has 0 spiro atoms. The van der Waals surface area contributed by atoms with E-state index in [0.29, 0.717) is 5.38 Å². The van der Waals surface area contributed by atoms with Gasteiger partial charge in [-0.05, 0) is 31.1 Å². The molecule has 0 aromatic carbocycles.